The molecule has 2 aromatic rings. The predicted molar refractivity (Wildman–Crippen MR) is 82.0 cm³/mol. The van der Waals surface area contributed by atoms with Crippen LogP contribution in [0.2, 0.25) is 0 Å². The average molecular weight is 303 g/mol. The quantitative estimate of drug-likeness (QED) is 0.892. The Kier molecular flexibility index (Phi) is 5.36. The van der Waals surface area contributed by atoms with E-state index >= 15 is 0 Å². The third kappa shape index (κ3) is 3.97. The van der Waals surface area contributed by atoms with Crippen molar-refractivity contribution in [3.63, 3.8) is 0 Å². The van der Waals surface area contributed by atoms with Crippen LogP contribution in [-0.2, 0) is 6.42 Å². The Morgan fingerprint density at radius 1 is 1.09 bits per heavy atom. The summed E-state index contributed by atoms with van der Waals surface area (Å²) in [5.41, 5.74) is 1.01. The highest BCUT2D eigenvalue weighted by atomic mass is 19.1. The van der Waals surface area contributed by atoms with Gasteiger partial charge in [-0.1, -0.05) is 18.2 Å². The summed E-state index contributed by atoms with van der Waals surface area (Å²) in [7, 11) is 3.04. The zero-order chi connectivity index (χ0) is 15.9. The zero-order valence-electron chi connectivity index (χ0n) is 12.6. The van der Waals surface area contributed by atoms with Crippen LogP contribution >= 0.6 is 0 Å². The Balaban J connectivity index is 1.99. The summed E-state index contributed by atoms with van der Waals surface area (Å²) in [6, 6.07) is 11.5. The van der Waals surface area contributed by atoms with Crippen LogP contribution in [0.15, 0.2) is 42.5 Å². The number of rotatable bonds is 6. The summed E-state index contributed by atoms with van der Waals surface area (Å²) in [5.74, 6) is 0.561. The molecule has 1 amide bonds. The highest BCUT2D eigenvalue weighted by Gasteiger charge is 2.10. The third-order valence-electron chi connectivity index (χ3n) is 3.25. The van der Waals surface area contributed by atoms with Gasteiger partial charge in [0, 0.05) is 18.2 Å². The van der Waals surface area contributed by atoms with Crippen LogP contribution in [-0.4, -0.2) is 26.7 Å². The summed E-state index contributed by atoms with van der Waals surface area (Å²) >= 11 is 0. The Morgan fingerprint density at radius 3 is 2.32 bits per heavy atom. The van der Waals surface area contributed by atoms with Gasteiger partial charge in [-0.3, -0.25) is 4.79 Å². The van der Waals surface area contributed by atoms with E-state index in [2.05, 4.69) is 5.32 Å². The van der Waals surface area contributed by atoms with Crippen molar-refractivity contribution >= 4 is 5.91 Å². The molecule has 2 aromatic carbocycles. The molecule has 116 valence electrons. The maximum atomic E-state index is 13.5. The molecule has 0 atom stereocenters. The van der Waals surface area contributed by atoms with Crippen LogP contribution in [0, 0.1) is 5.82 Å². The number of hydrogen-bond donors (Lipinski definition) is 1. The fourth-order valence-corrected chi connectivity index (χ4v) is 2.05. The number of methoxy groups -OCH3 is 2. The van der Waals surface area contributed by atoms with Crippen LogP contribution in [0.4, 0.5) is 4.39 Å². The smallest absolute Gasteiger partial charge is 0.251 e. The van der Waals surface area contributed by atoms with Gasteiger partial charge in [0.1, 0.15) is 17.3 Å². The van der Waals surface area contributed by atoms with Gasteiger partial charge >= 0.3 is 0 Å². The molecule has 0 unspecified atom stereocenters. The first-order valence-corrected chi connectivity index (χ1v) is 6.88. The minimum Gasteiger partial charge on any atom is -0.497 e. The van der Waals surface area contributed by atoms with Crippen molar-refractivity contribution in [2.45, 2.75) is 6.42 Å². The summed E-state index contributed by atoms with van der Waals surface area (Å²) in [6.07, 6.45) is 0.430. The standard InChI is InChI=1S/C17H18FNO3/c1-21-14-9-13(10-15(11-14)22-2)17(20)19-8-7-12-5-3-4-6-16(12)18/h3-6,9-11H,7-8H2,1-2H3,(H,19,20). The first-order chi connectivity index (χ1) is 10.6. The molecule has 0 aliphatic carbocycles. The Morgan fingerprint density at radius 2 is 1.73 bits per heavy atom. The van der Waals surface area contributed by atoms with Crippen LogP contribution in [0.25, 0.3) is 0 Å². The molecule has 0 saturated carbocycles. The minimum absolute atomic E-state index is 0.256. The predicted octanol–water partition coefficient (Wildman–Crippen LogP) is 2.82. The monoisotopic (exact) mass is 303 g/mol. The lowest BCUT2D eigenvalue weighted by molar-refractivity contribution is 0.0953. The molecular weight excluding hydrogens is 285 g/mol. The number of carbonyl (C=O) groups excluding carboxylic acids is 1. The largest absolute Gasteiger partial charge is 0.497 e. The number of amides is 1. The van der Waals surface area contributed by atoms with Crippen molar-refractivity contribution in [1.82, 2.24) is 5.32 Å². The maximum absolute atomic E-state index is 13.5. The second-order valence-corrected chi connectivity index (χ2v) is 4.70. The van der Waals surface area contributed by atoms with Crippen molar-refractivity contribution in [2.75, 3.05) is 20.8 Å². The molecule has 0 saturated heterocycles. The van der Waals surface area contributed by atoms with Gasteiger partial charge in [0.2, 0.25) is 0 Å². The van der Waals surface area contributed by atoms with Gasteiger partial charge in [0.25, 0.3) is 5.91 Å². The summed E-state index contributed by atoms with van der Waals surface area (Å²) in [4.78, 5) is 12.1. The highest BCUT2D eigenvalue weighted by molar-refractivity contribution is 5.95. The van der Waals surface area contributed by atoms with Crippen LogP contribution in [0.5, 0.6) is 11.5 Å². The molecule has 2 rings (SSSR count). The van der Waals surface area contributed by atoms with Crippen molar-refractivity contribution in [1.29, 1.82) is 0 Å². The fourth-order valence-electron chi connectivity index (χ4n) is 2.05. The average Bonchev–Trinajstić information content (AvgIpc) is 2.55. The van der Waals surface area contributed by atoms with Gasteiger partial charge in [0.15, 0.2) is 0 Å². The number of hydrogen-bond acceptors (Lipinski definition) is 3. The number of halogens is 1. The molecule has 0 radical (unpaired) electrons. The van der Waals surface area contributed by atoms with E-state index in [4.69, 9.17) is 9.47 Å². The summed E-state index contributed by atoms with van der Waals surface area (Å²) in [6.45, 7) is 0.347. The molecule has 0 aliphatic heterocycles. The van der Waals surface area contributed by atoms with Crippen LogP contribution < -0.4 is 14.8 Å². The van der Waals surface area contributed by atoms with Crippen LogP contribution in [0.3, 0.4) is 0 Å². The first kappa shape index (κ1) is 15.8. The lowest BCUT2D eigenvalue weighted by Crippen LogP contribution is -2.26. The molecule has 0 fully saturated rings. The van der Waals surface area contributed by atoms with Crippen LogP contribution in [0.1, 0.15) is 15.9 Å². The van der Waals surface area contributed by atoms with E-state index < -0.39 is 0 Å². The summed E-state index contributed by atoms with van der Waals surface area (Å²) < 4.78 is 23.7. The molecule has 0 aromatic heterocycles. The van der Waals surface area contributed by atoms with Crippen molar-refractivity contribution < 1.29 is 18.7 Å². The van der Waals surface area contributed by atoms with E-state index in [0.717, 1.165) is 0 Å². The number of nitrogens with one attached hydrogen (secondary N) is 1. The van der Waals surface area contributed by atoms with Gasteiger partial charge in [-0.15, -0.1) is 0 Å². The second-order valence-electron chi connectivity index (χ2n) is 4.70. The van der Waals surface area contributed by atoms with E-state index in [9.17, 15) is 9.18 Å². The van der Waals surface area contributed by atoms with Gasteiger partial charge < -0.3 is 14.8 Å². The SMILES string of the molecule is COc1cc(OC)cc(C(=O)NCCc2ccccc2F)c1. The molecule has 4 nitrogen and oxygen atoms in total. The zero-order valence-corrected chi connectivity index (χ0v) is 12.6. The molecule has 0 bridgehead atoms. The minimum atomic E-state index is -0.264. The normalized spacial score (nSPS) is 10.1. The Hall–Kier alpha value is -2.56. The number of ether oxygens (including phenoxy) is 2. The van der Waals surface area contributed by atoms with Crippen molar-refractivity contribution in [2.24, 2.45) is 0 Å². The first-order valence-electron chi connectivity index (χ1n) is 6.88. The van der Waals surface area contributed by atoms with E-state index in [-0.39, 0.29) is 11.7 Å². The number of carbonyl (C=O) groups is 1. The number of benzene rings is 2. The van der Waals surface area contributed by atoms with Gasteiger partial charge in [-0.05, 0) is 30.2 Å². The molecule has 5 heteroatoms. The fraction of sp³-hybridized carbons (Fsp3) is 0.235. The topological polar surface area (TPSA) is 47.6 Å². The highest BCUT2D eigenvalue weighted by Crippen LogP contribution is 2.22. The van der Waals surface area contributed by atoms with E-state index in [0.29, 0.717) is 35.6 Å². The lowest BCUT2D eigenvalue weighted by Gasteiger charge is -2.09. The van der Waals surface area contributed by atoms with Gasteiger partial charge in [-0.2, -0.15) is 0 Å². The third-order valence-corrected chi connectivity index (χ3v) is 3.25. The second kappa shape index (κ2) is 7.45. The Labute approximate surface area is 128 Å². The lowest BCUT2D eigenvalue weighted by atomic mass is 10.1. The summed E-state index contributed by atoms with van der Waals surface area (Å²) in [5, 5.41) is 2.76. The molecule has 0 aliphatic rings. The molecule has 0 heterocycles. The van der Waals surface area contributed by atoms with Crippen molar-refractivity contribution in [3.8, 4) is 11.5 Å². The molecular formula is C17H18FNO3. The molecule has 22 heavy (non-hydrogen) atoms. The molecule has 0 spiro atoms. The van der Waals surface area contributed by atoms with Crippen molar-refractivity contribution in [3.05, 3.63) is 59.4 Å². The maximum Gasteiger partial charge on any atom is 0.251 e. The van der Waals surface area contributed by atoms with E-state index in [1.165, 1.54) is 20.3 Å². The molecule has 1 N–H and O–H groups in total. The van der Waals surface area contributed by atoms with E-state index in [1.54, 1.807) is 36.4 Å². The van der Waals surface area contributed by atoms with E-state index in [1.807, 2.05) is 0 Å². The Bertz CT molecular complexity index is 636. The van der Waals surface area contributed by atoms with Gasteiger partial charge in [0.05, 0.1) is 14.2 Å². The van der Waals surface area contributed by atoms with Gasteiger partial charge in [-0.25, -0.2) is 4.39 Å².